The van der Waals surface area contributed by atoms with Crippen LogP contribution in [0.1, 0.15) is 22.8 Å². The van der Waals surface area contributed by atoms with Gasteiger partial charge >= 0.3 is 140 Å². The average molecular weight is 375 g/mol. The molecule has 0 radical (unpaired) electrons. The molecule has 2 aromatic carbocycles. The molecule has 0 aliphatic rings. The maximum atomic E-state index is 12.0. The van der Waals surface area contributed by atoms with Gasteiger partial charge in [0, 0.05) is 0 Å². The van der Waals surface area contributed by atoms with E-state index in [4.69, 9.17) is 4.74 Å². The summed E-state index contributed by atoms with van der Waals surface area (Å²) in [6.45, 7) is 2.24. The Morgan fingerprint density at radius 3 is 2.73 bits per heavy atom. The first kappa shape index (κ1) is 15.4. The molecule has 0 fully saturated rings. The summed E-state index contributed by atoms with van der Waals surface area (Å²) in [5, 5.41) is 1.34. The van der Waals surface area contributed by atoms with Crippen molar-refractivity contribution < 1.29 is 9.53 Å². The molecule has 0 bridgehead atoms. The number of fused-ring (bicyclic) bond motifs is 1. The Hall–Kier alpha value is -1.48. The third-order valence-electron chi connectivity index (χ3n) is 3.29. The van der Waals surface area contributed by atoms with Crippen molar-refractivity contribution in [2.45, 2.75) is 16.4 Å². The van der Waals surface area contributed by atoms with Gasteiger partial charge in [0.2, 0.25) is 0 Å². The fraction of sp³-hybridized carbons (Fsp3) is 0.167. The van der Waals surface area contributed by atoms with Crippen molar-refractivity contribution in [1.82, 2.24) is 0 Å². The molecule has 3 aromatic rings. The molecule has 0 saturated carbocycles. The van der Waals surface area contributed by atoms with Crippen LogP contribution in [-0.2, 0) is 10.5 Å². The van der Waals surface area contributed by atoms with E-state index in [0.717, 1.165) is 11.3 Å². The van der Waals surface area contributed by atoms with E-state index in [1.54, 1.807) is 0 Å². The fourth-order valence-electron chi connectivity index (χ4n) is 2.23. The third-order valence-corrected chi connectivity index (χ3v) is 7.23. The van der Waals surface area contributed by atoms with E-state index in [9.17, 15) is 4.79 Å². The summed E-state index contributed by atoms with van der Waals surface area (Å²) in [6, 6.07) is 18.5. The van der Waals surface area contributed by atoms with Gasteiger partial charge < -0.3 is 0 Å². The van der Waals surface area contributed by atoms with Crippen LogP contribution in [0.4, 0.5) is 0 Å². The van der Waals surface area contributed by atoms with Crippen LogP contribution < -0.4 is 0 Å². The second-order valence-electron chi connectivity index (χ2n) is 4.77. The van der Waals surface area contributed by atoms with Crippen molar-refractivity contribution >= 4 is 41.9 Å². The molecular weight excluding hydrogens is 359 g/mol. The first-order chi connectivity index (χ1) is 10.8. The molecule has 112 valence electrons. The van der Waals surface area contributed by atoms with Crippen LogP contribution in [0.15, 0.2) is 58.4 Å². The van der Waals surface area contributed by atoms with Crippen molar-refractivity contribution in [2.75, 3.05) is 6.61 Å². The van der Waals surface area contributed by atoms with Gasteiger partial charge in [-0.1, -0.05) is 0 Å². The van der Waals surface area contributed by atoms with E-state index >= 15 is 0 Å². The Labute approximate surface area is 140 Å². The Morgan fingerprint density at radius 1 is 1.14 bits per heavy atom. The molecule has 22 heavy (non-hydrogen) atoms. The zero-order valence-electron chi connectivity index (χ0n) is 12.2. The van der Waals surface area contributed by atoms with Crippen molar-refractivity contribution in [1.29, 1.82) is 0 Å². The summed E-state index contributed by atoms with van der Waals surface area (Å²) in [4.78, 5) is 12.0. The van der Waals surface area contributed by atoms with E-state index in [1.165, 1.54) is 13.4 Å². The monoisotopic (exact) mass is 376 g/mol. The van der Waals surface area contributed by atoms with Crippen LogP contribution >= 0.6 is 11.8 Å². The molecule has 0 N–H and O–H groups in total. The van der Waals surface area contributed by atoms with Crippen LogP contribution in [0.3, 0.4) is 0 Å². The summed E-state index contributed by atoms with van der Waals surface area (Å²) in [6.07, 6.45) is 0. The van der Waals surface area contributed by atoms with Gasteiger partial charge in [-0.05, 0) is 0 Å². The molecule has 0 atom stereocenters. The molecule has 0 aliphatic heterocycles. The number of esters is 1. The summed E-state index contributed by atoms with van der Waals surface area (Å²) in [7, 11) is 0. The molecule has 0 spiro atoms. The van der Waals surface area contributed by atoms with Crippen LogP contribution in [-0.4, -0.2) is 27.1 Å². The number of benzene rings is 2. The molecule has 0 amide bonds. The molecule has 1 aromatic heterocycles. The topological polar surface area (TPSA) is 26.3 Å². The normalized spacial score (nSPS) is 10.8. The molecule has 1 heterocycles. The van der Waals surface area contributed by atoms with Gasteiger partial charge in [0.25, 0.3) is 0 Å². The fourth-order valence-corrected chi connectivity index (χ4v) is 5.92. The predicted octanol–water partition coefficient (Wildman–Crippen LogP) is 4.37. The van der Waals surface area contributed by atoms with Gasteiger partial charge in [-0.3, -0.25) is 0 Å². The zero-order valence-corrected chi connectivity index (χ0v) is 14.8. The standard InChI is InChI=1S/C18H16O2SSe/c1-2-20-18(19)15-9-5-3-8-14(15)12-21-17-11-13-7-4-6-10-16(13)22-17/h3-11H,2,12H2,1H3. The van der Waals surface area contributed by atoms with Gasteiger partial charge in [0.05, 0.1) is 0 Å². The zero-order chi connectivity index (χ0) is 15.4. The van der Waals surface area contributed by atoms with Gasteiger partial charge in [0.1, 0.15) is 0 Å². The predicted molar refractivity (Wildman–Crippen MR) is 92.8 cm³/mol. The molecule has 3 rings (SSSR count). The van der Waals surface area contributed by atoms with Crippen LogP contribution in [0, 0.1) is 0 Å². The van der Waals surface area contributed by atoms with Crippen LogP contribution in [0.5, 0.6) is 0 Å². The number of thioether (sulfide) groups is 1. The number of carbonyl (C=O) groups is 1. The minimum atomic E-state index is -0.229. The van der Waals surface area contributed by atoms with Crippen molar-refractivity contribution in [3.63, 3.8) is 0 Å². The van der Waals surface area contributed by atoms with Crippen LogP contribution in [0.2, 0.25) is 0 Å². The molecule has 0 unspecified atom stereocenters. The molecule has 0 saturated heterocycles. The average Bonchev–Trinajstić information content (AvgIpc) is 2.96. The number of rotatable bonds is 5. The van der Waals surface area contributed by atoms with Gasteiger partial charge in [-0.25, -0.2) is 0 Å². The first-order valence-electron chi connectivity index (χ1n) is 7.14. The van der Waals surface area contributed by atoms with Gasteiger partial charge in [-0.2, -0.15) is 0 Å². The molecular formula is C18H16O2SSe. The van der Waals surface area contributed by atoms with Gasteiger partial charge in [0.15, 0.2) is 0 Å². The Bertz CT molecular complexity index is 761. The SMILES string of the molecule is CCOC(=O)c1ccccc1CSc1cc2ccccc2[se]1. The summed E-state index contributed by atoms with van der Waals surface area (Å²) >= 11 is 2.21. The van der Waals surface area contributed by atoms with E-state index in [-0.39, 0.29) is 5.97 Å². The van der Waals surface area contributed by atoms with E-state index in [2.05, 4.69) is 30.3 Å². The maximum absolute atomic E-state index is 12.0. The molecule has 4 heteroatoms. The molecule has 2 nitrogen and oxygen atoms in total. The van der Waals surface area contributed by atoms with Crippen molar-refractivity contribution in [3.8, 4) is 0 Å². The number of hydrogen-bond acceptors (Lipinski definition) is 3. The van der Waals surface area contributed by atoms with Crippen molar-refractivity contribution in [2.24, 2.45) is 0 Å². The van der Waals surface area contributed by atoms with E-state index in [0.29, 0.717) is 26.7 Å². The number of carbonyl (C=O) groups excluding carboxylic acids is 1. The number of ether oxygens (including phenoxy) is 1. The van der Waals surface area contributed by atoms with Gasteiger partial charge in [-0.15, -0.1) is 0 Å². The molecule has 0 aliphatic carbocycles. The summed E-state index contributed by atoms with van der Waals surface area (Å²) < 4.78 is 7.98. The summed E-state index contributed by atoms with van der Waals surface area (Å²) in [5.74, 6) is 0.573. The third kappa shape index (κ3) is 3.46. The second-order valence-corrected chi connectivity index (χ2v) is 8.64. The first-order valence-corrected chi connectivity index (χ1v) is 9.84. The van der Waals surface area contributed by atoms with Crippen LogP contribution in [0.25, 0.3) is 9.65 Å². The Balaban J connectivity index is 1.77. The van der Waals surface area contributed by atoms with E-state index < -0.39 is 0 Å². The quantitative estimate of drug-likeness (QED) is 0.376. The second kappa shape index (κ2) is 7.19. The van der Waals surface area contributed by atoms with Crippen molar-refractivity contribution in [3.05, 3.63) is 65.7 Å². The number of hydrogen-bond donors (Lipinski definition) is 0. The minimum absolute atomic E-state index is 0.229. The summed E-state index contributed by atoms with van der Waals surface area (Å²) in [5.41, 5.74) is 1.72. The Morgan fingerprint density at radius 2 is 1.91 bits per heavy atom. The Kier molecular flexibility index (Phi) is 5.04. The van der Waals surface area contributed by atoms with E-state index in [1.807, 2.05) is 43.0 Å².